The van der Waals surface area contributed by atoms with Crippen LogP contribution in [0, 0.1) is 5.82 Å². The van der Waals surface area contributed by atoms with Gasteiger partial charge in [0.15, 0.2) is 0 Å². The van der Waals surface area contributed by atoms with Crippen molar-refractivity contribution in [1.29, 1.82) is 0 Å². The van der Waals surface area contributed by atoms with Gasteiger partial charge in [0, 0.05) is 16.2 Å². The van der Waals surface area contributed by atoms with Gasteiger partial charge in [-0.05, 0) is 46.3 Å². The number of nitrogen functional groups attached to an aromatic ring is 1. The van der Waals surface area contributed by atoms with Crippen LogP contribution in [0.15, 0.2) is 45.5 Å². The maximum Gasteiger partial charge on any atom is 0.259 e. The maximum absolute atomic E-state index is 13.1. The van der Waals surface area contributed by atoms with Crippen LogP contribution in [0.1, 0.15) is 0 Å². The maximum atomic E-state index is 13.1. The van der Waals surface area contributed by atoms with Crippen LogP contribution in [0.5, 0.6) is 0 Å². The summed E-state index contributed by atoms with van der Waals surface area (Å²) in [6.45, 7) is 0. The molecule has 0 aliphatic carbocycles. The van der Waals surface area contributed by atoms with Crippen molar-refractivity contribution in [1.82, 2.24) is 15.1 Å². The van der Waals surface area contributed by atoms with E-state index in [0.29, 0.717) is 33.1 Å². The lowest BCUT2D eigenvalue weighted by Gasteiger charge is -1.98. The van der Waals surface area contributed by atoms with E-state index in [9.17, 15) is 4.39 Å². The van der Waals surface area contributed by atoms with E-state index in [1.165, 1.54) is 12.1 Å². The zero-order valence-electron chi connectivity index (χ0n) is 10.0. The molecule has 2 heterocycles. The van der Waals surface area contributed by atoms with E-state index in [-0.39, 0.29) is 5.82 Å². The largest absolute Gasteiger partial charge is 0.384 e. The highest BCUT2D eigenvalue weighted by molar-refractivity contribution is 9.10. The molecule has 0 saturated heterocycles. The molecule has 3 aromatic rings. The van der Waals surface area contributed by atoms with Crippen molar-refractivity contribution >= 4 is 21.7 Å². The Labute approximate surface area is 121 Å². The fourth-order valence-electron chi connectivity index (χ4n) is 1.65. The van der Waals surface area contributed by atoms with Gasteiger partial charge >= 0.3 is 0 Å². The quantitative estimate of drug-likeness (QED) is 0.778. The first-order valence-corrected chi connectivity index (χ1v) is 6.44. The van der Waals surface area contributed by atoms with Crippen LogP contribution >= 0.6 is 15.9 Å². The molecule has 2 N–H and O–H groups in total. The van der Waals surface area contributed by atoms with Crippen LogP contribution in [-0.2, 0) is 0 Å². The molecule has 2 aromatic heterocycles. The van der Waals surface area contributed by atoms with Crippen LogP contribution in [0.3, 0.4) is 0 Å². The standard InChI is InChI=1S/C13H8BrFN4O/c14-10-5-8(15)2-3-9(10)12-18-13(20-19-12)7-1-4-11(16)17-6-7/h1-6H,(H2,16,17). The summed E-state index contributed by atoms with van der Waals surface area (Å²) in [5.74, 6) is 0.759. The van der Waals surface area contributed by atoms with Crippen molar-refractivity contribution in [3.63, 3.8) is 0 Å². The Bertz CT molecular complexity index is 757. The number of hydrogen-bond acceptors (Lipinski definition) is 5. The third-order valence-corrected chi connectivity index (χ3v) is 3.29. The summed E-state index contributed by atoms with van der Waals surface area (Å²) in [4.78, 5) is 8.22. The molecule has 3 rings (SSSR count). The molecule has 100 valence electrons. The smallest absolute Gasteiger partial charge is 0.259 e. The number of pyridine rings is 1. The van der Waals surface area contributed by atoms with E-state index in [2.05, 4.69) is 31.1 Å². The average Bonchev–Trinajstić information content (AvgIpc) is 2.89. The lowest BCUT2D eigenvalue weighted by Crippen LogP contribution is -1.89. The molecule has 1 aromatic carbocycles. The topological polar surface area (TPSA) is 77.8 Å². The normalized spacial score (nSPS) is 10.7. The zero-order chi connectivity index (χ0) is 14.1. The second-order valence-corrected chi connectivity index (χ2v) is 4.87. The third kappa shape index (κ3) is 2.39. The Kier molecular flexibility index (Phi) is 3.19. The van der Waals surface area contributed by atoms with Crippen LogP contribution in [0.25, 0.3) is 22.8 Å². The minimum absolute atomic E-state index is 0.323. The van der Waals surface area contributed by atoms with Crippen molar-refractivity contribution < 1.29 is 8.91 Å². The first-order valence-electron chi connectivity index (χ1n) is 5.64. The SMILES string of the molecule is Nc1ccc(-c2nc(-c3ccc(F)cc3Br)no2)cn1. The molecule has 0 spiro atoms. The number of halogens is 2. The fourth-order valence-corrected chi connectivity index (χ4v) is 2.18. The highest BCUT2D eigenvalue weighted by atomic mass is 79.9. The van der Waals surface area contributed by atoms with Gasteiger partial charge in [0.1, 0.15) is 11.6 Å². The highest BCUT2D eigenvalue weighted by Crippen LogP contribution is 2.28. The van der Waals surface area contributed by atoms with Crippen molar-refractivity contribution in [2.45, 2.75) is 0 Å². The van der Waals surface area contributed by atoms with E-state index >= 15 is 0 Å². The number of anilines is 1. The molecule has 0 radical (unpaired) electrons. The Morgan fingerprint density at radius 1 is 1.20 bits per heavy atom. The van der Waals surface area contributed by atoms with E-state index in [4.69, 9.17) is 10.3 Å². The molecule has 5 nitrogen and oxygen atoms in total. The molecular weight excluding hydrogens is 327 g/mol. The molecule has 0 bridgehead atoms. The summed E-state index contributed by atoms with van der Waals surface area (Å²) in [5, 5.41) is 3.88. The molecule has 0 atom stereocenters. The van der Waals surface area contributed by atoms with Crippen LogP contribution in [-0.4, -0.2) is 15.1 Å². The van der Waals surface area contributed by atoms with Gasteiger partial charge in [-0.3, -0.25) is 0 Å². The van der Waals surface area contributed by atoms with E-state index in [1.54, 1.807) is 24.4 Å². The van der Waals surface area contributed by atoms with Crippen LogP contribution < -0.4 is 5.73 Å². The molecule has 0 aliphatic rings. The van der Waals surface area contributed by atoms with Gasteiger partial charge in [-0.2, -0.15) is 4.98 Å². The third-order valence-electron chi connectivity index (χ3n) is 2.63. The van der Waals surface area contributed by atoms with E-state index in [0.717, 1.165) is 0 Å². The highest BCUT2D eigenvalue weighted by Gasteiger charge is 2.13. The van der Waals surface area contributed by atoms with Gasteiger partial charge in [0.05, 0.1) is 5.56 Å². The summed E-state index contributed by atoms with van der Waals surface area (Å²) < 4.78 is 18.8. The van der Waals surface area contributed by atoms with Gasteiger partial charge < -0.3 is 10.3 Å². The molecule has 20 heavy (non-hydrogen) atoms. The zero-order valence-corrected chi connectivity index (χ0v) is 11.6. The summed E-state index contributed by atoms with van der Waals surface area (Å²) in [6.07, 6.45) is 1.55. The van der Waals surface area contributed by atoms with Crippen molar-refractivity contribution in [2.75, 3.05) is 5.73 Å². The molecule has 0 aliphatic heterocycles. The number of aromatic nitrogens is 3. The average molecular weight is 335 g/mol. The predicted molar refractivity (Wildman–Crippen MR) is 75.0 cm³/mol. The molecular formula is C13H8BrFN4O. The number of hydrogen-bond donors (Lipinski definition) is 1. The number of rotatable bonds is 2. The molecule has 0 unspecified atom stereocenters. The molecule has 0 fully saturated rings. The van der Waals surface area contributed by atoms with E-state index in [1.807, 2.05) is 0 Å². The Hall–Kier alpha value is -2.28. The monoisotopic (exact) mass is 334 g/mol. The second-order valence-electron chi connectivity index (χ2n) is 4.02. The van der Waals surface area contributed by atoms with Gasteiger partial charge in [0.25, 0.3) is 5.89 Å². The van der Waals surface area contributed by atoms with Crippen LogP contribution in [0.4, 0.5) is 10.2 Å². The van der Waals surface area contributed by atoms with Crippen molar-refractivity contribution in [3.8, 4) is 22.8 Å². The van der Waals surface area contributed by atoms with Gasteiger partial charge in [0.2, 0.25) is 5.82 Å². The lowest BCUT2D eigenvalue weighted by atomic mass is 10.2. The summed E-state index contributed by atoms with van der Waals surface area (Å²) in [5.41, 5.74) is 6.82. The van der Waals surface area contributed by atoms with Gasteiger partial charge in [-0.25, -0.2) is 9.37 Å². The van der Waals surface area contributed by atoms with Crippen molar-refractivity contribution in [2.24, 2.45) is 0 Å². The van der Waals surface area contributed by atoms with Gasteiger partial charge in [-0.15, -0.1) is 0 Å². The Balaban J connectivity index is 1.99. The Morgan fingerprint density at radius 2 is 2.05 bits per heavy atom. The summed E-state index contributed by atoms with van der Waals surface area (Å²) >= 11 is 3.27. The molecule has 7 heteroatoms. The van der Waals surface area contributed by atoms with Crippen molar-refractivity contribution in [3.05, 3.63) is 46.8 Å². The lowest BCUT2D eigenvalue weighted by molar-refractivity contribution is 0.432. The van der Waals surface area contributed by atoms with Gasteiger partial charge in [-0.1, -0.05) is 5.16 Å². The molecule has 0 amide bonds. The molecule has 0 saturated carbocycles. The first kappa shape index (κ1) is 12.7. The minimum atomic E-state index is -0.341. The number of nitrogens with zero attached hydrogens (tertiary/aromatic N) is 3. The van der Waals surface area contributed by atoms with E-state index < -0.39 is 0 Å². The first-order chi connectivity index (χ1) is 9.63. The number of benzene rings is 1. The number of nitrogens with two attached hydrogens (primary N) is 1. The Morgan fingerprint density at radius 3 is 2.75 bits per heavy atom. The predicted octanol–water partition coefficient (Wildman–Crippen LogP) is 3.28. The summed E-state index contributed by atoms with van der Waals surface area (Å²) in [7, 11) is 0. The minimum Gasteiger partial charge on any atom is -0.384 e. The fraction of sp³-hybridized carbons (Fsp3) is 0. The van der Waals surface area contributed by atoms with Crippen LogP contribution in [0.2, 0.25) is 0 Å². The summed E-state index contributed by atoms with van der Waals surface area (Å²) in [6, 6.07) is 7.64. The second kappa shape index (κ2) is 5.01.